The molecule has 1 N–H and O–H groups in total. The van der Waals surface area contributed by atoms with Crippen LogP contribution in [0, 0.1) is 0 Å². The van der Waals surface area contributed by atoms with Gasteiger partial charge in [-0.25, -0.2) is 0 Å². The van der Waals surface area contributed by atoms with E-state index in [1.807, 2.05) is 0 Å². The highest BCUT2D eigenvalue weighted by atomic mass is 15.3. The Hall–Kier alpha value is -0.120. The van der Waals surface area contributed by atoms with Crippen LogP contribution in [0.25, 0.3) is 0 Å². The summed E-state index contributed by atoms with van der Waals surface area (Å²) in [7, 11) is 0. The van der Waals surface area contributed by atoms with E-state index in [0.29, 0.717) is 6.04 Å². The molecule has 1 heterocycles. The van der Waals surface area contributed by atoms with Gasteiger partial charge in [0.2, 0.25) is 0 Å². The Labute approximate surface area is 107 Å². The summed E-state index contributed by atoms with van der Waals surface area (Å²) < 4.78 is 0. The van der Waals surface area contributed by atoms with Crippen LogP contribution in [-0.4, -0.2) is 60.1 Å². The summed E-state index contributed by atoms with van der Waals surface area (Å²) >= 11 is 0. The number of piperazine rings is 1. The highest BCUT2D eigenvalue weighted by molar-refractivity contribution is 4.89. The van der Waals surface area contributed by atoms with E-state index >= 15 is 0 Å². The lowest BCUT2D eigenvalue weighted by molar-refractivity contribution is 0.0943. The minimum atomic E-state index is 0.240. The quantitative estimate of drug-likeness (QED) is 0.803. The van der Waals surface area contributed by atoms with Crippen molar-refractivity contribution in [2.75, 3.05) is 32.7 Å². The van der Waals surface area contributed by atoms with Crippen molar-refractivity contribution in [1.82, 2.24) is 15.1 Å². The minimum absolute atomic E-state index is 0.240. The third-order valence-corrected chi connectivity index (χ3v) is 3.96. The highest BCUT2D eigenvalue weighted by Crippen LogP contribution is 2.27. The van der Waals surface area contributed by atoms with E-state index in [1.54, 1.807) is 0 Å². The van der Waals surface area contributed by atoms with E-state index in [0.717, 1.165) is 12.6 Å². The molecule has 1 atom stereocenters. The Balaban J connectivity index is 1.68. The second-order valence-corrected chi connectivity index (χ2v) is 6.78. The molecule has 17 heavy (non-hydrogen) atoms. The zero-order chi connectivity index (χ0) is 12.5. The van der Waals surface area contributed by atoms with Crippen LogP contribution < -0.4 is 5.32 Å². The van der Waals surface area contributed by atoms with Crippen LogP contribution in [0.4, 0.5) is 0 Å². The fourth-order valence-corrected chi connectivity index (χ4v) is 2.57. The topological polar surface area (TPSA) is 18.5 Å². The predicted octanol–water partition coefficient (Wildman–Crippen LogP) is 1.54. The molecule has 2 aliphatic rings. The van der Waals surface area contributed by atoms with E-state index < -0.39 is 0 Å². The van der Waals surface area contributed by atoms with Crippen molar-refractivity contribution in [3.63, 3.8) is 0 Å². The van der Waals surface area contributed by atoms with Gasteiger partial charge >= 0.3 is 0 Å². The standard InChI is InChI=1S/C14H29N3/c1-12(11-15-14(2,3)4)16-7-9-17(10-8-16)13-5-6-13/h12-13,15H,5-11H2,1-4H3. The molecule has 1 unspecified atom stereocenters. The molecular weight excluding hydrogens is 210 g/mol. The Kier molecular flexibility index (Phi) is 4.11. The number of hydrogen-bond acceptors (Lipinski definition) is 3. The molecule has 0 aromatic rings. The monoisotopic (exact) mass is 239 g/mol. The molecule has 0 spiro atoms. The van der Waals surface area contributed by atoms with E-state index in [1.165, 1.54) is 39.0 Å². The van der Waals surface area contributed by atoms with Gasteiger partial charge in [-0.1, -0.05) is 0 Å². The van der Waals surface area contributed by atoms with Gasteiger partial charge in [-0.2, -0.15) is 0 Å². The molecule has 1 aliphatic carbocycles. The molecule has 1 saturated heterocycles. The van der Waals surface area contributed by atoms with Crippen molar-refractivity contribution in [1.29, 1.82) is 0 Å². The summed E-state index contributed by atoms with van der Waals surface area (Å²) in [5.41, 5.74) is 0.240. The van der Waals surface area contributed by atoms with Gasteiger partial charge in [0.05, 0.1) is 0 Å². The average molecular weight is 239 g/mol. The Bertz CT molecular complexity index is 234. The normalized spacial score (nSPS) is 26.1. The van der Waals surface area contributed by atoms with Crippen molar-refractivity contribution in [3.8, 4) is 0 Å². The van der Waals surface area contributed by atoms with Crippen LogP contribution in [0.2, 0.25) is 0 Å². The minimum Gasteiger partial charge on any atom is -0.311 e. The molecular formula is C14H29N3. The number of nitrogens with one attached hydrogen (secondary N) is 1. The van der Waals surface area contributed by atoms with Crippen LogP contribution >= 0.6 is 0 Å². The first-order chi connectivity index (χ1) is 7.96. The van der Waals surface area contributed by atoms with Gasteiger partial charge in [0.1, 0.15) is 0 Å². The maximum Gasteiger partial charge on any atom is 0.0193 e. The summed E-state index contributed by atoms with van der Waals surface area (Å²) in [6.45, 7) is 15.3. The van der Waals surface area contributed by atoms with Gasteiger partial charge < -0.3 is 5.32 Å². The lowest BCUT2D eigenvalue weighted by Crippen LogP contribution is -2.53. The lowest BCUT2D eigenvalue weighted by atomic mass is 10.1. The highest BCUT2D eigenvalue weighted by Gasteiger charge is 2.32. The SMILES string of the molecule is CC(CNC(C)(C)C)N1CCN(C2CC2)CC1. The maximum absolute atomic E-state index is 3.61. The predicted molar refractivity (Wildman–Crippen MR) is 73.4 cm³/mol. The lowest BCUT2D eigenvalue weighted by Gasteiger charge is -2.39. The first-order valence-corrected chi connectivity index (χ1v) is 7.19. The van der Waals surface area contributed by atoms with Crippen LogP contribution in [0.15, 0.2) is 0 Å². The first-order valence-electron chi connectivity index (χ1n) is 7.19. The van der Waals surface area contributed by atoms with Gasteiger partial charge in [0, 0.05) is 50.3 Å². The molecule has 3 heteroatoms. The molecule has 0 aromatic heterocycles. The van der Waals surface area contributed by atoms with E-state index in [4.69, 9.17) is 0 Å². The van der Waals surface area contributed by atoms with Crippen LogP contribution in [0.5, 0.6) is 0 Å². The molecule has 1 aliphatic heterocycles. The summed E-state index contributed by atoms with van der Waals surface area (Å²) in [6.07, 6.45) is 2.89. The second-order valence-electron chi connectivity index (χ2n) is 6.78. The van der Waals surface area contributed by atoms with Gasteiger partial charge in [-0.15, -0.1) is 0 Å². The van der Waals surface area contributed by atoms with Gasteiger partial charge in [0.25, 0.3) is 0 Å². The van der Waals surface area contributed by atoms with Crippen LogP contribution in [-0.2, 0) is 0 Å². The van der Waals surface area contributed by atoms with Crippen molar-refractivity contribution in [3.05, 3.63) is 0 Å². The second kappa shape index (κ2) is 5.25. The van der Waals surface area contributed by atoms with Gasteiger partial charge in [0.15, 0.2) is 0 Å². The Morgan fingerprint density at radius 3 is 2.18 bits per heavy atom. The molecule has 3 nitrogen and oxygen atoms in total. The van der Waals surface area contributed by atoms with Gasteiger partial charge in [-0.05, 0) is 40.5 Å². The largest absolute Gasteiger partial charge is 0.311 e. The average Bonchev–Trinajstić information content (AvgIpc) is 3.09. The van der Waals surface area contributed by atoms with Gasteiger partial charge in [-0.3, -0.25) is 9.80 Å². The van der Waals surface area contributed by atoms with Crippen molar-refractivity contribution in [2.45, 2.75) is 58.2 Å². The van der Waals surface area contributed by atoms with E-state index in [2.05, 4.69) is 42.8 Å². The fourth-order valence-electron chi connectivity index (χ4n) is 2.57. The maximum atomic E-state index is 3.61. The third-order valence-electron chi connectivity index (χ3n) is 3.96. The van der Waals surface area contributed by atoms with Crippen molar-refractivity contribution in [2.24, 2.45) is 0 Å². The first kappa shape index (κ1) is 13.3. The molecule has 2 rings (SSSR count). The zero-order valence-electron chi connectivity index (χ0n) is 12.0. The zero-order valence-corrected chi connectivity index (χ0v) is 12.0. The molecule has 0 bridgehead atoms. The summed E-state index contributed by atoms with van der Waals surface area (Å²) in [5, 5.41) is 3.61. The molecule has 1 saturated carbocycles. The molecule has 0 radical (unpaired) electrons. The number of hydrogen-bond donors (Lipinski definition) is 1. The number of rotatable bonds is 4. The van der Waals surface area contributed by atoms with Crippen LogP contribution in [0.1, 0.15) is 40.5 Å². The molecule has 2 fully saturated rings. The molecule has 0 amide bonds. The summed E-state index contributed by atoms with van der Waals surface area (Å²) in [6, 6.07) is 1.61. The molecule has 0 aromatic carbocycles. The fraction of sp³-hybridized carbons (Fsp3) is 1.00. The summed E-state index contributed by atoms with van der Waals surface area (Å²) in [5.74, 6) is 0. The van der Waals surface area contributed by atoms with Crippen molar-refractivity contribution >= 4 is 0 Å². The van der Waals surface area contributed by atoms with E-state index in [9.17, 15) is 0 Å². The summed E-state index contributed by atoms with van der Waals surface area (Å²) in [4.78, 5) is 5.32. The third kappa shape index (κ3) is 4.23. The molecule has 100 valence electrons. The Morgan fingerprint density at radius 1 is 1.12 bits per heavy atom. The van der Waals surface area contributed by atoms with Crippen LogP contribution in [0.3, 0.4) is 0 Å². The smallest absolute Gasteiger partial charge is 0.0193 e. The van der Waals surface area contributed by atoms with Crippen molar-refractivity contribution < 1.29 is 0 Å². The Morgan fingerprint density at radius 2 is 1.71 bits per heavy atom. The van der Waals surface area contributed by atoms with E-state index in [-0.39, 0.29) is 5.54 Å². The number of nitrogens with zero attached hydrogens (tertiary/aromatic N) is 2.